The number of rotatable bonds is 5. The third kappa shape index (κ3) is 4.64. The maximum absolute atomic E-state index is 13.1. The lowest BCUT2D eigenvalue weighted by Gasteiger charge is -2.34. The molecule has 0 radical (unpaired) electrons. The summed E-state index contributed by atoms with van der Waals surface area (Å²) in [4.78, 5) is 31.4. The number of benzene rings is 2. The second kappa shape index (κ2) is 9.87. The van der Waals surface area contributed by atoms with E-state index in [2.05, 4.69) is 0 Å². The van der Waals surface area contributed by atoms with Crippen LogP contribution in [-0.2, 0) is 0 Å². The minimum Gasteiger partial charge on any atom is -0.497 e. The summed E-state index contributed by atoms with van der Waals surface area (Å²) in [6.45, 7) is 2.95. The molecule has 0 unspecified atom stereocenters. The fourth-order valence-electron chi connectivity index (χ4n) is 4.22. The van der Waals surface area contributed by atoms with Gasteiger partial charge in [0, 0.05) is 37.1 Å². The number of piperazine rings is 1. The highest BCUT2D eigenvalue weighted by molar-refractivity contribution is 7.17. The van der Waals surface area contributed by atoms with E-state index in [0.29, 0.717) is 61.3 Å². The van der Waals surface area contributed by atoms with E-state index in [1.54, 1.807) is 35.1 Å². The molecule has 0 spiro atoms. The van der Waals surface area contributed by atoms with Gasteiger partial charge in [-0.05, 0) is 48.0 Å². The van der Waals surface area contributed by atoms with Gasteiger partial charge >= 0.3 is 0 Å². The molecule has 1 saturated heterocycles. The van der Waals surface area contributed by atoms with Gasteiger partial charge in [0.1, 0.15) is 24.7 Å². The number of nitrogens with zero attached hydrogens (tertiary/aromatic N) is 2. The lowest BCUT2D eigenvalue weighted by atomic mass is 10.1. The summed E-state index contributed by atoms with van der Waals surface area (Å²) in [7, 11) is 3.10. The van der Waals surface area contributed by atoms with E-state index in [4.69, 9.17) is 18.9 Å². The molecule has 1 fully saturated rings. The van der Waals surface area contributed by atoms with Crippen LogP contribution in [0.5, 0.6) is 23.0 Å². The molecule has 9 heteroatoms. The molecule has 0 atom stereocenters. The van der Waals surface area contributed by atoms with Gasteiger partial charge in [0.05, 0.1) is 24.7 Å². The van der Waals surface area contributed by atoms with Crippen LogP contribution in [0, 0.1) is 0 Å². The molecule has 3 aromatic rings. The van der Waals surface area contributed by atoms with Gasteiger partial charge in [-0.3, -0.25) is 9.59 Å². The molecule has 35 heavy (non-hydrogen) atoms. The van der Waals surface area contributed by atoms with Crippen molar-refractivity contribution in [1.29, 1.82) is 0 Å². The summed E-state index contributed by atoms with van der Waals surface area (Å²) in [6, 6.07) is 14.8. The molecule has 2 amide bonds. The van der Waals surface area contributed by atoms with Crippen LogP contribution in [0.3, 0.4) is 0 Å². The predicted molar refractivity (Wildman–Crippen MR) is 132 cm³/mol. The number of fused-ring (bicyclic) bond motifs is 1. The Morgan fingerprint density at radius 2 is 1.51 bits per heavy atom. The van der Waals surface area contributed by atoms with Crippen LogP contribution in [0.15, 0.2) is 48.5 Å². The number of amides is 2. The maximum Gasteiger partial charge on any atom is 0.264 e. The van der Waals surface area contributed by atoms with E-state index in [0.717, 1.165) is 21.9 Å². The number of thiophene rings is 1. The molecule has 2 aliphatic rings. The highest BCUT2D eigenvalue weighted by Gasteiger charge is 2.28. The summed E-state index contributed by atoms with van der Waals surface area (Å²) < 4.78 is 21.9. The first-order valence-electron chi connectivity index (χ1n) is 11.4. The Labute approximate surface area is 207 Å². The fourth-order valence-corrected chi connectivity index (χ4v) is 5.19. The Morgan fingerprint density at radius 3 is 2.23 bits per heavy atom. The first-order valence-corrected chi connectivity index (χ1v) is 12.2. The van der Waals surface area contributed by atoms with Crippen molar-refractivity contribution in [3.8, 4) is 33.4 Å². The molecule has 2 aliphatic heterocycles. The molecule has 0 saturated carbocycles. The molecule has 0 bridgehead atoms. The normalized spacial score (nSPS) is 15.0. The Balaban J connectivity index is 1.23. The van der Waals surface area contributed by atoms with Crippen LogP contribution < -0.4 is 18.9 Å². The first kappa shape index (κ1) is 23.0. The standard InChI is InChI=1S/C26H26N2O6S/c1-31-18-4-5-19(21(16-18)32-2)25(29)27-9-11-28(12-10-27)26(30)24-8-7-23(35-24)17-3-6-20-22(15-17)34-14-13-33-20/h3-8,15-16H,9-14H2,1-2H3. The molecular formula is C26H26N2O6S. The van der Waals surface area contributed by atoms with E-state index in [1.165, 1.54) is 18.4 Å². The number of hydrogen-bond acceptors (Lipinski definition) is 7. The maximum atomic E-state index is 13.1. The van der Waals surface area contributed by atoms with Crippen molar-refractivity contribution in [3.05, 3.63) is 59.0 Å². The molecule has 8 nitrogen and oxygen atoms in total. The van der Waals surface area contributed by atoms with Crippen LogP contribution in [0.4, 0.5) is 0 Å². The van der Waals surface area contributed by atoms with E-state index in [1.807, 2.05) is 30.3 Å². The van der Waals surface area contributed by atoms with Gasteiger partial charge in [-0.25, -0.2) is 0 Å². The Bertz CT molecular complexity index is 1250. The molecule has 182 valence electrons. The van der Waals surface area contributed by atoms with Gasteiger partial charge in [0.15, 0.2) is 11.5 Å². The molecule has 0 N–H and O–H groups in total. The summed E-state index contributed by atoms with van der Waals surface area (Å²) in [5.41, 5.74) is 1.47. The second-order valence-electron chi connectivity index (χ2n) is 8.17. The van der Waals surface area contributed by atoms with Crippen LogP contribution in [0.1, 0.15) is 20.0 Å². The SMILES string of the molecule is COc1ccc(C(=O)N2CCN(C(=O)c3ccc(-c4ccc5c(c4)OCCO5)s3)CC2)c(OC)c1. The van der Waals surface area contributed by atoms with Crippen LogP contribution in [0.2, 0.25) is 0 Å². The average molecular weight is 495 g/mol. The van der Waals surface area contributed by atoms with E-state index < -0.39 is 0 Å². The van der Waals surface area contributed by atoms with Crippen LogP contribution >= 0.6 is 11.3 Å². The van der Waals surface area contributed by atoms with Crippen molar-refractivity contribution >= 4 is 23.2 Å². The molecule has 1 aromatic heterocycles. The minimum atomic E-state index is -0.117. The number of carbonyl (C=O) groups is 2. The average Bonchev–Trinajstić information content (AvgIpc) is 3.42. The molecular weight excluding hydrogens is 468 g/mol. The zero-order chi connectivity index (χ0) is 24.4. The van der Waals surface area contributed by atoms with Gasteiger partial charge in [-0.15, -0.1) is 11.3 Å². The molecule has 3 heterocycles. The van der Waals surface area contributed by atoms with Crippen LogP contribution in [0.25, 0.3) is 10.4 Å². The molecule has 0 aliphatic carbocycles. The first-order chi connectivity index (χ1) is 17.1. The summed E-state index contributed by atoms with van der Waals surface area (Å²) in [5.74, 6) is 2.43. The predicted octanol–water partition coefficient (Wildman–Crippen LogP) is 3.80. The van der Waals surface area contributed by atoms with Gasteiger partial charge in [-0.2, -0.15) is 0 Å². The third-order valence-corrected chi connectivity index (χ3v) is 7.26. The lowest BCUT2D eigenvalue weighted by molar-refractivity contribution is 0.0536. The van der Waals surface area contributed by atoms with Crippen molar-refractivity contribution in [3.63, 3.8) is 0 Å². The number of carbonyl (C=O) groups excluding carboxylic acids is 2. The largest absolute Gasteiger partial charge is 0.497 e. The summed E-state index contributed by atoms with van der Waals surface area (Å²) in [6.07, 6.45) is 0. The highest BCUT2D eigenvalue weighted by Crippen LogP contribution is 2.37. The van der Waals surface area contributed by atoms with Crippen molar-refractivity contribution in [1.82, 2.24) is 9.80 Å². The second-order valence-corrected chi connectivity index (χ2v) is 9.26. The number of ether oxygens (including phenoxy) is 4. The molecule has 2 aromatic carbocycles. The monoisotopic (exact) mass is 494 g/mol. The Hall–Kier alpha value is -3.72. The topological polar surface area (TPSA) is 77.5 Å². The Morgan fingerprint density at radius 1 is 0.800 bits per heavy atom. The van der Waals surface area contributed by atoms with E-state index in [9.17, 15) is 9.59 Å². The zero-order valence-electron chi connectivity index (χ0n) is 19.6. The van der Waals surface area contributed by atoms with Crippen LogP contribution in [-0.4, -0.2) is 75.2 Å². The number of methoxy groups -OCH3 is 2. The lowest BCUT2D eigenvalue weighted by Crippen LogP contribution is -2.50. The smallest absolute Gasteiger partial charge is 0.264 e. The third-order valence-electron chi connectivity index (χ3n) is 6.14. The quantitative estimate of drug-likeness (QED) is 0.537. The minimum absolute atomic E-state index is 0.0204. The molecule has 5 rings (SSSR count). The summed E-state index contributed by atoms with van der Waals surface area (Å²) in [5, 5.41) is 0. The van der Waals surface area contributed by atoms with E-state index in [-0.39, 0.29) is 11.8 Å². The number of hydrogen-bond donors (Lipinski definition) is 0. The Kier molecular flexibility index (Phi) is 6.50. The van der Waals surface area contributed by atoms with Crippen molar-refractivity contribution < 1.29 is 28.5 Å². The van der Waals surface area contributed by atoms with Crippen molar-refractivity contribution in [2.45, 2.75) is 0 Å². The zero-order valence-corrected chi connectivity index (χ0v) is 20.4. The highest BCUT2D eigenvalue weighted by atomic mass is 32.1. The van der Waals surface area contributed by atoms with Gasteiger partial charge in [-0.1, -0.05) is 0 Å². The van der Waals surface area contributed by atoms with Crippen molar-refractivity contribution in [2.24, 2.45) is 0 Å². The van der Waals surface area contributed by atoms with Crippen molar-refractivity contribution in [2.75, 3.05) is 53.6 Å². The van der Waals surface area contributed by atoms with E-state index >= 15 is 0 Å². The summed E-state index contributed by atoms with van der Waals surface area (Å²) >= 11 is 1.45. The fraction of sp³-hybridized carbons (Fsp3) is 0.308. The van der Waals surface area contributed by atoms with Gasteiger partial charge in [0.2, 0.25) is 0 Å². The van der Waals surface area contributed by atoms with Gasteiger partial charge < -0.3 is 28.7 Å². The van der Waals surface area contributed by atoms with Gasteiger partial charge in [0.25, 0.3) is 11.8 Å².